The molecule has 3 aromatic rings. The first kappa shape index (κ1) is 28.9. The lowest BCUT2D eigenvalue weighted by molar-refractivity contribution is -0.149. The number of piperidine rings is 1. The molecule has 11 nitrogen and oxygen atoms in total. The molecule has 2 aromatic heterocycles. The predicted molar refractivity (Wildman–Crippen MR) is 153 cm³/mol. The second kappa shape index (κ2) is 11.1. The Bertz CT molecular complexity index is 1560. The molecular formula is C31H37FN6O5. The van der Waals surface area contributed by atoms with Crippen molar-refractivity contribution in [1.82, 2.24) is 29.1 Å². The highest BCUT2D eigenvalue weighted by Gasteiger charge is 2.42. The maximum atomic E-state index is 15.6. The zero-order valence-electron chi connectivity index (χ0n) is 25.0. The summed E-state index contributed by atoms with van der Waals surface area (Å²) in [7, 11) is 0. The first-order valence-electron chi connectivity index (χ1n) is 14.9. The van der Waals surface area contributed by atoms with E-state index in [0.717, 1.165) is 43.5 Å². The summed E-state index contributed by atoms with van der Waals surface area (Å²) in [5, 5.41) is 4.48. The van der Waals surface area contributed by atoms with E-state index in [4.69, 9.17) is 9.47 Å². The summed E-state index contributed by atoms with van der Waals surface area (Å²) in [5.74, 6) is -1.38. The van der Waals surface area contributed by atoms with Crippen LogP contribution >= 0.6 is 0 Å². The van der Waals surface area contributed by atoms with Crippen LogP contribution in [-0.2, 0) is 33.8 Å². The van der Waals surface area contributed by atoms with Crippen molar-refractivity contribution < 1.29 is 28.2 Å². The zero-order chi connectivity index (χ0) is 30.5. The summed E-state index contributed by atoms with van der Waals surface area (Å²) in [6.07, 6.45) is 8.17. The first-order chi connectivity index (χ1) is 20.5. The number of rotatable bonds is 6. The fourth-order valence-electron chi connectivity index (χ4n) is 6.26. The van der Waals surface area contributed by atoms with E-state index in [9.17, 15) is 14.4 Å². The Morgan fingerprint density at radius 3 is 2.65 bits per heavy atom. The van der Waals surface area contributed by atoms with Crippen LogP contribution in [0.3, 0.4) is 0 Å². The number of amides is 2. The number of imidazole rings is 1. The minimum absolute atomic E-state index is 0.0589. The van der Waals surface area contributed by atoms with Crippen LogP contribution < -0.4 is 0 Å². The van der Waals surface area contributed by atoms with Crippen molar-refractivity contribution in [3.8, 4) is 5.69 Å². The van der Waals surface area contributed by atoms with Gasteiger partial charge in [0.15, 0.2) is 6.04 Å². The molecule has 3 aliphatic heterocycles. The maximum Gasteiger partial charge on any atom is 0.410 e. The number of aryl methyl sites for hydroxylation is 1. The van der Waals surface area contributed by atoms with Gasteiger partial charge in [0.2, 0.25) is 0 Å². The molecule has 3 aliphatic rings. The van der Waals surface area contributed by atoms with E-state index in [1.165, 1.54) is 11.0 Å². The number of carbonyl (C=O) groups excluding carboxylic acids is 3. The number of aromatic nitrogens is 4. The second-order valence-corrected chi connectivity index (χ2v) is 12.4. The SMILES string of the molecule is CCOC(=O)C(c1ncn2c1CCC2)N1Cc2c(F)cc(-n3cc(C4CCN(C(=O)OC(C)(C)C)CC4)cn3)cc2C1=O. The van der Waals surface area contributed by atoms with Crippen molar-refractivity contribution >= 4 is 18.0 Å². The monoisotopic (exact) mass is 592 g/mol. The van der Waals surface area contributed by atoms with E-state index < -0.39 is 29.3 Å². The van der Waals surface area contributed by atoms with Gasteiger partial charge in [-0.05, 0) is 77.0 Å². The Kier molecular flexibility index (Phi) is 7.47. The van der Waals surface area contributed by atoms with Gasteiger partial charge in [-0.3, -0.25) is 4.79 Å². The smallest absolute Gasteiger partial charge is 0.410 e. The van der Waals surface area contributed by atoms with Crippen LogP contribution in [0.25, 0.3) is 5.69 Å². The highest BCUT2D eigenvalue weighted by atomic mass is 19.1. The van der Waals surface area contributed by atoms with Gasteiger partial charge < -0.3 is 23.8 Å². The van der Waals surface area contributed by atoms with Crippen LogP contribution in [0.1, 0.15) is 91.8 Å². The summed E-state index contributed by atoms with van der Waals surface area (Å²) >= 11 is 0. The lowest BCUT2D eigenvalue weighted by atomic mass is 9.92. The highest BCUT2D eigenvalue weighted by molar-refractivity contribution is 6.01. The van der Waals surface area contributed by atoms with Gasteiger partial charge >= 0.3 is 12.1 Å². The minimum Gasteiger partial charge on any atom is -0.464 e. The molecule has 1 unspecified atom stereocenters. The topological polar surface area (TPSA) is 112 Å². The quantitative estimate of drug-likeness (QED) is 0.387. The highest BCUT2D eigenvalue weighted by Crippen LogP contribution is 2.37. The molecule has 12 heteroatoms. The van der Waals surface area contributed by atoms with Gasteiger partial charge in [-0.1, -0.05) is 0 Å². The maximum absolute atomic E-state index is 15.6. The largest absolute Gasteiger partial charge is 0.464 e. The molecule has 1 aromatic carbocycles. The third-order valence-corrected chi connectivity index (χ3v) is 8.36. The molecular weight excluding hydrogens is 555 g/mol. The number of hydrogen-bond acceptors (Lipinski definition) is 7. The second-order valence-electron chi connectivity index (χ2n) is 12.4. The number of likely N-dealkylation sites (tertiary alicyclic amines) is 1. The van der Waals surface area contributed by atoms with Crippen molar-refractivity contribution in [1.29, 1.82) is 0 Å². The van der Waals surface area contributed by atoms with E-state index in [0.29, 0.717) is 24.5 Å². The van der Waals surface area contributed by atoms with Crippen LogP contribution in [0, 0.1) is 5.82 Å². The Morgan fingerprint density at radius 1 is 1.16 bits per heavy atom. The Morgan fingerprint density at radius 2 is 1.93 bits per heavy atom. The van der Waals surface area contributed by atoms with Crippen LogP contribution in [-0.4, -0.2) is 72.4 Å². The van der Waals surface area contributed by atoms with Crippen molar-refractivity contribution in [3.05, 3.63) is 64.7 Å². The number of ether oxygens (including phenoxy) is 2. The molecule has 1 saturated heterocycles. The molecule has 0 bridgehead atoms. The van der Waals surface area contributed by atoms with Gasteiger partial charge in [-0.2, -0.15) is 5.10 Å². The molecule has 0 radical (unpaired) electrons. The average molecular weight is 593 g/mol. The van der Waals surface area contributed by atoms with Crippen LogP contribution in [0.15, 0.2) is 30.9 Å². The fraction of sp³-hybridized carbons (Fsp3) is 0.516. The summed E-state index contributed by atoms with van der Waals surface area (Å²) in [6, 6.07) is 1.94. The molecule has 6 rings (SSSR count). The fourth-order valence-corrected chi connectivity index (χ4v) is 6.26. The van der Waals surface area contributed by atoms with Crippen molar-refractivity contribution in [2.24, 2.45) is 0 Å². The van der Waals surface area contributed by atoms with Gasteiger partial charge in [-0.15, -0.1) is 0 Å². The van der Waals surface area contributed by atoms with E-state index in [1.54, 1.807) is 35.1 Å². The Hall–Kier alpha value is -4.22. The van der Waals surface area contributed by atoms with Gasteiger partial charge in [0, 0.05) is 42.7 Å². The Balaban J connectivity index is 1.21. The lowest BCUT2D eigenvalue weighted by Gasteiger charge is -2.33. The van der Waals surface area contributed by atoms with Crippen molar-refractivity contribution in [2.45, 2.75) is 84.0 Å². The average Bonchev–Trinajstić information content (AvgIpc) is 3.75. The molecule has 1 fully saturated rings. The number of esters is 1. The van der Waals surface area contributed by atoms with Gasteiger partial charge in [0.25, 0.3) is 5.91 Å². The van der Waals surface area contributed by atoms with E-state index in [1.807, 2.05) is 31.5 Å². The molecule has 43 heavy (non-hydrogen) atoms. The molecule has 0 N–H and O–H groups in total. The predicted octanol–water partition coefficient (Wildman–Crippen LogP) is 4.53. The summed E-state index contributed by atoms with van der Waals surface area (Å²) in [5.41, 5.74) is 2.69. The number of carbonyl (C=O) groups is 3. The first-order valence-corrected chi connectivity index (χ1v) is 14.9. The number of nitrogens with zero attached hydrogens (tertiary/aromatic N) is 6. The van der Waals surface area contributed by atoms with Gasteiger partial charge in [0.1, 0.15) is 11.4 Å². The van der Waals surface area contributed by atoms with Crippen LogP contribution in [0.5, 0.6) is 0 Å². The number of hydrogen-bond donors (Lipinski definition) is 0. The summed E-state index contributed by atoms with van der Waals surface area (Å²) in [6.45, 7) is 9.31. The molecule has 1 atom stereocenters. The van der Waals surface area contributed by atoms with Gasteiger partial charge in [-0.25, -0.2) is 23.6 Å². The molecule has 5 heterocycles. The molecule has 0 saturated carbocycles. The lowest BCUT2D eigenvalue weighted by Crippen LogP contribution is -2.41. The Labute approximate surface area is 249 Å². The van der Waals surface area contributed by atoms with E-state index in [-0.39, 0.29) is 36.3 Å². The number of halogens is 1. The van der Waals surface area contributed by atoms with Crippen LogP contribution in [0.4, 0.5) is 9.18 Å². The standard InChI is InChI=1S/C31H37FN6O5/c1-5-42-29(40)27(26-25-7-6-10-36(25)18-33-26)37-17-23-22(28(37)39)13-21(14-24(23)32)38-16-20(15-34-38)19-8-11-35(12-9-19)30(41)43-31(2,3)4/h13-16,18-19,27H,5-12,17H2,1-4H3. The minimum atomic E-state index is -1.06. The third kappa shape index (κ3) is 5.50. The molecule has 0 aliphatic carbocycles. The molecule has 2 amide bonds. The number of benzene rings is 1. The molecule has 0 spiro atoms. The third-order valence-electron chi connectivity index (χ3n) is 8.36. The molecule has 228 valence electrons. The van der Waals surface area contributed by atoms with Crippen molar-refractivity contribution in [3.63, 3.8) is 0 Å². The van der Waals surface area contributed by atoms with Crippen molar-refractivity contribution in [2.75, 3.05) is 19.7 Å². The van der Waals surface area contributed by atoms with E-state index >= 15 is 4.39 Å². The van der Waals surface area contributed by atoms with Gasteiger partial charge in [0.05, 0.1) is 37.1 Å². The number of fused-ring (bicyclic) bond motifs is 2. The summed E-state index contributed by atoms with van der Waals surface area (Å²) < 4.78 is 30.0. The summed E-state index contributed by atoms with van der Waals surface area (Å²) in [4.78, 5) is 46.9. The zero-order valence-corrected chi connectivity index (χ0v) is 25.0. The van der Waals surface area contributed by atoms with E-state index in [2.05, 4.69) is 10.1 Å². The normalized spacial score (nSPS) is 17.7. The van der Waals surface area contributed by atoms with Crippen LogP contribution in [0.2, 0.25) is 0 Å².